The molecule has 168 valence electrons. The molecule has 1 aliphatic heterocycles. The SMILES string of the molecule is CCN1C[C@@H](CN(C)C(=O)c2ccc(NS(=O)(=O)c3cccs3)cc2)Oc2ccccc21. The van der Waals surface area contributed by atoms with Gasteiger partial charge in [0.1, 0.15) is 16.1 Å². The Labute approximate surface area is 192 Å². The highest BCUT2D eigenvalue weighted by atomic mass is 32.2. The Bertz CT molecular complexity index is 1180. The molecule has 9 heteroatoms. The first kappa shape index (κ1) is 22.2. The Morgan fingerprint density at radius 1 is 1.16 bits per heavy atom. The number of nitrogens with zero attached hydrogens (tertiary/aromatic N) is 2. The molecule has 0 aliphatic carbocycles. The van der Waals surface area contributed by atoms with Crippen LogP contribution in [0.5, 0.6) is 5.75 Å². The quantitative estimate of drug-likeness (QED) is 0.565. The second-order valence-electron chi connectivity index (χ2n) is 7.55. The maximum absolute atomic E-state index is 12.9. The van der Waals surface area contributed by atoms with E-state index in [9.17, 15) is 13.2 Å². The Kier molecular flexibility index (Phi) is 6.38. The van der Waals surface area contributed by atoms with Crippen molar-refractivity contribution in [1.82, 2.24) is 4.90 Å². The number of nitrogens with one attached hydrogen (secondary N) is 1. The molecule has 1 amide bonds. The van der Waals surface area contributed by atoms with E-state index in [4.69, 9.17) is 4.74 Å². The summed E-state index contributed by atoms with van der Waals surface area (Å²) >= 11 is 1.15. The van der Waals surface area contributed by atoms with E-state index in [0.29, 0.717) is 24.3 Å². The molecule has 1 N–H and O–H groups in total. The van der Waals surface area contributed by atoms with Gasteiger partial charge in [0.2, 0.25) is 0 Å². The molecule has 2 heterocycles. The summed E-state index contributed by atoms with van der Waals surface area (Å²) in [6.45, 7) is 4.10. The summed E-state index contributed by atoms with van der Waals surface area (Å²) in [7, 11) is -1.87. The van der Waals surface area contributed by atoms with Gasteiger partial charge in [-0.25, -0.2) is 8.42 Å². The number of benzene rings is 2. The molecule has 4 rings (SSSR count). The Morgan fingerprint density at radius 2 is 1.91 bits per heavy atom. The number of amides is 1. The summed E-state index contributed by atoms with van der Waals surface area (Å²) in [5, 5.41) is 1.71. The first-order valence-corrected chi connectivity index (χ1v) is 12.7. The first-order valence-electron chi connectivity index (χ1n) is 10.3. The molecular weight excluding hydrogens is 446 g/mol. The fourth-order valence-corrected chi connectivity index (χ4v) is 5.74. The minimum atomic E-state index is -3.62. The van der Waals surface area contributed by atoms with Crippen LogP contribution in [0.4, 0.5) is 11.4 Å². The average Bonchev–Trinajstić information content (AvgIpc) is 3.34. The number of carbonyl (C=O) groups excluding carboxylic acids is 1. The predicted octanol–water partition coefficient (Wildman–Crippen LogP) is 3.91. The van der Waals surface area contributed by atoms with Crippen molar-refractivity contribution in [3.63, 3.8) is 0 Å². The highest BCUT2D eigenvalue weighted by molar-refractivity contribution is 7.94. The Hall–Kier alpha value is -3.04. The van der Waals surface area contributed by atoms with E-state index >= 15 is 0 Å². The second kappa shape index (κ2) is 9.22. The highest BCUT2D eigenvalue weighted by Crippen LogP contribution is 2.33. The topological polar surface area (TPSA) is 79.0 Å². The van der Waals surface area contributed by atoms with Gasteiger partial charge in [-0.15, -0.1) is 11.3 Å². The van der Waals surface area contributed by atoms with Crippen LogP contribution >= 0.6 is 11.3 Å². The van der Waals surface area contributed by atoms with E-state index in [1.54, 1.807) is 53.7 Å². The fourth-order valence-electron chi connectivity index (χ4n) is 3.68. The maximum atomic E-state index is 12.9. The zero-order valence-corrected chi connectivity index (χ0v) is 19.5. The average molecular weight is 472 g/mol. The van der Waals surface area contributed by atoms with Crippen LogP contribution in [-0.4, -0.2) is 52.0 Å². The summed E-state index contributed by atoms with van der Waals surface area (Å²) in [6.07, 6.45) is -0.143. The third-order valence-electron chi connectivity index (χ3n) is 5.27. The lowest BCUT2D eigenvalue weighted by molar-refractivity contribution is 0.0709. The van der Waals surface area contributed by atoms with Gasteiger partial charge >= 0.3 is 0 Å². The molecular formula is C23H25N3O4S2. The van der Waals surface area contributed by atoms with Gasteiger partial charge in [0.15, 0.2) is 0 Å². The zero-order chi connectivity index (χ0) is 22.7. The van der Waals surface area contributed by atoms with E-state index in [1.165, 1.54) is 0 Å². The van der Waals surface area contributed by atoms with Crippen molar-refractivity contribution in [1.29, 1.82) is 0 Å². The molecule has 3 aromatic rings. The molecule has 0 saturated carbocycles. The minimum absolute atomic E-state index is 0.143. The number of para-hydroxylation sites is 2. The molecule has 32 heavy (non-hydrogen) atoms. The molecule has 7 nitrogen and oxygen atoms in total. The third-order valence-corrected chi connectivity index (χ3v) is 8.05. The summed E-state index contributed by atoms with van der Waals surface area (Å²) in [5.41, 5.74) is 1.96. The molecule has 1 aromatic heterocycles. The van der Waals surface area contributed by atoms with Crippen LogP contribution in [0.25, 0.3) is 0 Å². The zero-order valence-electron chi connectivity index (χ0n) is 17.9. The van der Waals surface area contributed by atoms with Crippen LogP contribution in [0.15, 0.2) is 70.3 Å². The lowest BCUT2D eigenvalue weighted by Gasteiger charge is -2.37. The van der Waals surface area contributed by atoms with Crippen LogP contribution in [0.1, 0.15) is 17.3 Å². The van der Waals surface area contributed by atoms with Crippen LogP contribution in [0.2, 0.25) is 0 Å². The van der Waals surface area contributed by atoms with E-state index in [2.05, 4.69) is 16.5 Å². The van der Waals surface area contributed by atoms with Gasteiger partial charge in [-0.3, -0.25) is 9.52 Å². The lowest BCUT2D eigenvalue weighted by atomic mass is 10.1. The lowest BCUT2D eigenvalue weighted by Crippen LogP contribution is -2.46. The Balaban J connectivity index is 1.40. The van der Waals surface area contributed by atoms with Gasteiger partial charge in [-0.2, -0.15) is 0 Å². The number of likely N-dealkylation sites (N-methyl/N-ethyl adjacent to an activating group) is 2. The minimum Gasteiger partial charge on any atom is -0.485 e. The van der Waals surface area contributed by atoms with Crippen molar-refractivity contribution in [3.8, 4) is 5.75 Å². The Morgan fingerprint density at radius 3 is 2.59 bits per heavy atom. The molecule has 0 spiro atoms. The molecule has 1 aliphatic rings. The second-order valence-corrected chi connectivity index (χ2v) is 10.4. The number of carbonyl (C=O) groups is 1. The van der Waals surface area contributed by atoms with Crippen molar-refractivity contribution in [2.45, 2.75) is 17.2 Å². The number of hydrogen-bond acceptors (Lipinski definition) is 6. The fraction of sp³-hybridized carbons (Fsp3) is 0.261. The maximum Gasteiger partial charge on any atom is 0.271 e. The van der Waals surface area contributed by atoms with Crippen LogP contribution in [0.3, 0.4) is 0 Å². The van der Waals surface area contributed by atoms with Crippen molar-refractivity contribution in [3.05, 3.63) is 71.6 Å². The smallest absolute Gasteiger partial charge is 0.271 e. The number of hydrogen-bond donors (Lipinski definition) is 1. The van der Waals surface area contributed by atoms with E-state index in [-0.39, 0.29) is 16.2 Å². The van der Waals surface area contributed by atoms with Crippen molar-refractivity contribution >= 4 is 38.6 Å². The van der Waals surface area contributed by atoms with Gasteiger partial charge in [0, 0.05) is 24.8 Å². The van der Waals surface area contributed by atoms with Crippen LogP contribution in [0, 0.1) is 0 Å². The summed E-state index contributed by atoms with van der Waals surface area (Å²) in [5.74, 6) is 0.678. The van der Waals surface area contributed by atoms with Crippen LogP contribution < -0.4 is 14.4 Å². The normalized spacial score (nSPS) is 15.6. The first-order chi connectivity index (χ1) is 15.4. The van der Waals surface area contributed by atoms with Gasteiger partial charge < -0.3 is 14.5 Å². The van der Waals surface area contributed by atoms with E-state index in [0.717, 1.165) is 29.3 Å². The summed E-state index contributed by atoms with van der Waals surface area (Å²) < 4.78 is 33.6. The number of rotatable bonds is 7. The number of fused-ring (bicyclic) bond motifs is 1. The standard InChI is InChI=1S/C23H25N3O4S2/c1-3-26-16-19(30-21-8-5-4-7-20(21)26)15-25(2)23(27)17-10-12-18(13-11-17)24-32(28,29)22-9-6-14-31-22/h4-14,19,24H,3,15-16H2,1-2H3/t19-/m1/s1. The molecule has 0 unspecified atom stereocenters. The summed E-state index contributed by atoms with van der Waals surface area (Å²) in [4.78, 5) is 16.8. The summed E-state index contributed by atoms with van der Waals surface area (Å²) in [6, 6.07) is 17.6. The van der Waals surface area contributed by atoms with E-state index in [1.807, 2.05) is 24.3 Å². The van der Waals surface area contributed by atoms with Crippen molar-refractivity contribution in [2.75, 3.05) is 36.3 Å². The van der Waals surface area contributed by atoms with E-state index < -0.39 is 10.0 Å². The highest BCUT2D eigenvalue weighted by Gasteiger charge is 2.27. The molecule has 0 bridgehead atoms. The molecule has 1 atom stereocenters. The molecule has 2 aromatic carbocycles. The van der Waals surface area contributed by atoms with Gasteiger partial charge in [0.05, 0.1) is 18.8 Å². The van der Waals surface area contributed by atoms with Gasteiger partial charge in [-0.1, -0.05) is 18.2 Å². The van der Waals surface area contributed by atoms with Crippen molar-refractivity contribution in [2.24, 2.45) is 0 Å². The largest absolute Gasteiger partial charge is 0.485 e. The number of anilines is 2. The van der Waals surface area contributed by atoms with Gasteiger partial charge in [-0.05, 0) is 54.8 Å². The predicted molar refractivity (Wildman–Crippen MR) is 127 cm³/mol. The number of ether oxygens (including phenoxy) is 1. The number of sulfonamides is 1. The van der Waals surface area contributed by atoms with Crippen molar-refractivity contribution < 1.29 is 17.9 Å². The molecule has 0 radical (unpaired) electrons. The molecule has 0 fully saturated rings. The third kappa shape index (κ3) is 4.73. The monoisotopic (exact) mass is 471 g/mol. The van der Waals surface area contributed by atoms with Gasteiger partial charge in [0.25, 0.3) is 15.9 Å². The number of thiophene rings is 1. The molecule has 0 saturated heterocycles. The van der Waals surface area contributed by atoms with Crippen LogP contribution in [-0.2, 0) is 10.0 Å².